The summed E-state index contributed by atoms with van der Waals surface area (Å²) < 4.78 is 6.15. The molecule has 1 fully saturated rings. The maximum atomic E-state index is 12.3. The van der Waals surface area contributed by atoms with Gasteiger partial charge in [-0.05, 0) is 13.3 Å². The number of aromatic nitrogens is 2. The standard InChI is InChI=1S/C14H18N2O5/c1-3-4-9-7-14(2,21-13(9)20)10(17)8-16-12(19)6-5-11(18)15-16/h5-6,9H,3-4,7-8H2,1-2H3,(H,15,18)/t9-,14-/m0/s1. The van der Waals surface area contributed by atoms with Crippen LogP contribution in [0.4, 0.5) is 0 Å². The lowest BCUT2D eigenvalue weighted by molar-refractivity contribution is -0.157. The van der Waals surface area contributed by atoms with Crippen LogP contribution in [0.25, 0.3) is 0 Å². The summed E-state index contributed by atoms with van der Waals surface area (Å²) in [5.74, 6) is -1.06. The number of aromatic amines is 1. The lowest BCUT2D eigenvalue weighted by atomic mass is 9.89. The second-order valence-electron chi connectivity index (χ2n) is 5.50. The van der Waals surface area contributed by atoms with Crippen molar-refractivity contribution < 1.29 is 14.3 Å². The molecule has 1 aromatic rings. The minimum atomic E-state index is -1.23. The molecule has 0 bridgehead atoms. The summed E-state index contributed by atoms with van der Waals surface area (Å²) in [6, 6.07) is 2.19. The summed E-state index contributed by atoms with van der Waals surface area (Å²) in [6.45, 7) is 3.19. The predicted molar refractivity (Wildman–Crippen MR) is 73.8 cm³/mol. The van der Waals surface area contributed by atoms with Crippen LogP contribution in [0.2, 0.25) is 0 Å². The number of hydrogen-bond acceptors (Lipinski definition) is 5. The van der Waals surface area contributed by atoms with Gasteiger partial charge in [-0.2, -0.15) is 0 Å². The summed E-state index contributed by atoms with van der Waals surface area (Å²) in [7, 11) is 0. The van der Waals surface area contributed by atoms with Gasteiger partial charge in [-0.15, -0.1) is 0 Å². The normalized spacial score (nSPS) is 24.9. The number of ketones is 1. The molecule has 0 saturated carbocycles. The first kappa shape index (κ1) is 15.2. The summed E-state index contributed by atoms with van der Waals surface area (Å²) in [5, 5.41) is 2.28. The van der Waals surface area contributed by atoms with Crippen LogP contribution in [0.3, 0.4) is 0 Å². The second kappa shape index (κ2) is 5.67. The van der Waals surface area contributed by atoms with E-state index in [1.54, 1.807) is 6.92 Å². The Labute approximate surface area is 120 Å². The number of cyclic esters (lactones) is 1. The highest BCUT2D eigenvalue weighted by Crippen LogP contribution is 2.34. The maximum Gasteiger partial charge on any atom is 0.310 e. The third-order valence-electron chi connectivity index (χ3n) is 3.71. The Balaban J connectivity index is 2.17. The van der Waals surface area contributed by atoms with E-state index in [9.17, 15) is 19.2 Å². The van der Waals surface area contributed by atoms with E-state index in [1.165, 1.54) is 0 Å². The van der Waals surface area contributed by atoms with E-state index in [0.717, 1.165) is 23.2 Å². The second-order valence-corrected chi connectivity index (χ2v) is 5.50. The zero-order chi connectivity index (χ0) is 15.6. The number of hydrogen-bond donors (Lipinski definition) is 1. The predicted octanol–water partition coefficient (Wildman–Crippen LogP) is 0.228. The van der Waals surface area contributed by atoms with Gasteiger partial charge < -0.3 is 4.74 Å². The first-order valence-corrected chi connectivity index (χ1v) is 6.92. The molecular weight excluding hydrogens is 276 g/mol. The van der Waals surface area contributed by atoms with Crippen molar-refractivity contribution in [3.05, 3.63) is 32.8 Å². The van der Waals surface area contributed by atoms with Crippen molar-refractivity contribution in [3.8, 4) is 0 Å². The van der Waals surface area contributed by atoms with Gasteiger partial charge in [-0.1, -0.05) is 13.3 Å². The van der Waals surface area contributed by atoms with Crippen molar-refractivity contribution in [2.75, 3.05) is 0 Å². The van der Waals surface area contributed by atoms with Crippen molar-refractivity contribution in [1.29, 1.82) is 0 Å². The molecule has 0 amide bonds. The molecule has 2 rings (SSSR count). The first-order chi connectivity index (χ1) is 9.85. The summed E-state index contributed by atoms with van der Waals surface area (Å²) in [5.41, 5.74) is -2.19. The molecule has 0 radical (unpaired) electrons. The molecule has 0 spiro atoms. The number of rotatable bonds is 5. The Bertz CT molecular complexity index is 674. The van der Waals surface area contributed by atoms with Gasteiger partial charge in [0.2, 0.25) is 0 Å². The average molecular weight is 294 g/mol. The molecule has 1 saturated heterocycles. The molecule has 114 valence electrons. The van der Waals surface area contributed by atoms with Gasteiger partial charge in [-0.25, -0.2) is 4.68 Å². The quantitative estimate of drug-likeness (QED) is 0.784. The van der Waals surface area contributed by atoms with Crippen LogP contribution in [0.15, 0.2) is 21.7 Å². The molecule has 0 aliphatic carbocycles. The summed E-state index contributed by atoms with van der Waals surface area (Å²) in [6.07, 6.45) is 1.81. The van der Waals surface area contributed by atoms with Gasteiger partial charge in [0, 0.05) is 18.6 Å². The van der Waals surface area contributed by atoms with E-state index >= 15 is 0 Å². The molecular formula is C14H18N2O5. The number of carbonyl (C=O) groups is 2. The smallest absolute Gasteiger partial charge is 0.310 e. The minimum absolute atomic E-state index is 0.282. The van der Waals surface area contributed by atoms with E-state index in [-0.39, 0.29) is 18.4 Å². The van der Waals surface area contributed by atoms with Gasteiger partial charge in [0.15, 0.2) is 11.4 Å². The number of ether oxygens (including phenoxy) is 1. The Kier molecular flexibility index (Phi) is 4.11. The number of Topliss-reactive ketones (excluding diaryl/α,β-unsaturated/α-hetero) is 1. The van der Waals surface area contributed by atoms with Crippen LogP contribution in [0, 0.1) is 5.92 Å². The van der Waals surface area contributed by atoms with Crippen molar-refractivity contribution in [3.63, 3.8) is 0 Å². The third-order valence-corrected chi connectivity index (χ3v) is 3.71. The fraction of sp³-hybridized carbons (Fsp3) is 0.571. The monoisotopic (exact) mass is 294 g/mol. The Hall–Kier alpha value is -2.18. The molecule has 21 heavy (non-hydrogen) atoms. The van der Waals surface area contributed by atoms with Crippen LogP contribution < -0.4 is 11.1 Å². The Morgan fingerprint density at radius 1 is 1.43 bits per heavy atom. The topological polar surface area (TPSA) is 98.2 Å². The Morgan fingerprint density at radius 2 is 2.14 bits per heavy atom. The van der Waals surface area contributed by atoms with E-state index in [4.69, 9.17) is 4.74 Å². The van der Waals surface area contributed by atoms with Crippen LogP contribution in [-0.4, -0.2) is 27.1 Å². The minimum Gasteiger partial charge on any atom is -0.451 e. The highest BCUT2D eigenvalue weighted by Gasteiger charge is 2.47. The van der Waals surface area contributed by atoms with Gasteiger partial charge >= 0.3 is 5.97 Å². The lowest BCUT2D eigenvalue weighted by Gasteiger charge is -2.21. The Morgan fingerprint density at radius 3 is 2.81 bits per heavy atom. The third kappa shape index (κ3) is 3.12. The van der Waals surface area contributed by atoms with Crippen molar-refractivity contribution in [1.82, 2.24) is 9.78 Å². The first-order valence-electron chi connectivity index (χ1n) is 6.92. The fourth-order valence-corrected chi connectivity index (χ4v) is 2.53. The fourth-order valence-electron chi connectivity index (χ4n) is 2.53. The largest absolute Gasteiger partial charge is 0.451 e. The summed E-state index contributed by atoms with van der Waals surface area (Å²) >= 11 is 0. The average Bonchev–Trinajstić information content (AvgIpc) is 2.71. The number of nitrogens with zero attached hydrogens (tertiary/aromatic N) is 1. The molecule has 0 unspecified atom stereocenters. The van der Waals surface area contributed by atoms with Gasteiger partial charge in [0.05, 0.1) is 5.92 Å². The van der Waals surface area contributed by atoms with Crippen LogP contribution in [0.1, 0.15) is 33.1 Å². The molecule has 1 N–H and O–H groups in total. The molecule has 1 aliphatic heterocycles. The molecule has 2 heterocycles. The van der Waals surface area contributed by atoms with E-state index in [0.29, 0.717) is 12.8 Å². The SMILES string of the molecule is CCC[C@H]1C[C@@](C)(C(=O)Cn2[nH]c(=O)ccc2=O)OC1=O. The van der Waals surface area contributed by atoms with Gasteiger partial charge in [0.1, 0.15) is 6.54 Å². The van der Waals surface area contributed by atoms with Crippen LogP contribution in [-0.2, 0) is 20.9 Å². The highest BCUT2D eigenvalue weighted by molar-refractivity contribution is 5.92. The van der Waals surface area contributed by atoms with Crippen molar-refractivity contribution in [2.45, 2.75) is 45.3 Å². The van der Waals surface area contributed by atoms with Crippen molar-refractivity contribution >= 4 is 11.8 Å². The van der Waals surface area contributed by atoms with Crippen molar-refractivity contribution in [2.24, 2.45) is 5.92 Å². The molecule has 0 aromatic carbocycles. The van der Waals surface area contributed by atoms with Gasteiger partial charge in [-0.3, -0.25) is 24.3 Å². The zero-order valence-electron chi connectivity index (χ0n) is 12.0. The van der Waals surface area contributed by atoms with E-state index in [2.05, 4.69) is 5.10 Å². The van der Waals surface area contributed by atoms with E-state index < -0.39 is 22.5 Å². The molecule has 7 heteroatoms. The van der Waals surface area contributed by atoms with Crippen LogP contribution in [0.5, 0.6) is 0 Å². The number of esters is 1. The molecule has 1 aliphatic rings. The lowest BCUT2D eigenvalue weighted by Crippen LogP contribution is -2.41. The zero-order valence-corrected chi connectivity index (χ0v) is 12.0. The molecule has 1 aromatic heterocycles. The van der Waals surface area contributed by atoms with E-state index in [1.807, 2.05) is 6.92 Å². The summed E-state index contributed by atoms with van der Waals surface area (Å²) in [4.78, 5) is 46.9. The number of H-pyrrole nitrogens is 1. The van der Waals surface area contributed by atoms with Crippen LogP contribution >= 0.6 is 0 Å². The highest BCUT2D eigenvalue weighted by atomic mass is 16.6. The van der Waals surface area contributed by atoms with Gasteiger partial charge in [0.25, 0.3) is 11.1 Å². The molecule has 7 nitrogen and oxygen atoms in total. The number of carbonyl (C=O) groups excluding carboxylic acids is 2. The molecule has 2 atom stereocenters. The maximum absolute atomic E-state index is 12.3. The number of nitrogens with one attached hydrogen (secondary N) is 1.